The molecule has 12 heavy (non-hydrogen) atoms. The fourth-order valence-corrected chi connectivity index (χ4v) is 0.997. The van der Waals surface area contributed by atoms with Gasteiger partial charge in [-0.2, -0.15) is 0 Å². The van der Waals surface area contributed by atoms with E-state index in [0.29, 0.717) is 0 Å². The molecule has 0 bridgehead atoms. The molecule has 7 heteroatoms. The van der Waals surface area contributed by atoms with Crippen LogP contribution in [0.15, 0.2) is 21.9 Å². The standard InChI is InChI=1S/C5H2BrN3O3/c6-4-1-3(9(11)12)2-7-5(4)8-10/h1-2H. The monoisotopic (exact) mass is 231 g/mol. The predicted octanol–water partition coefficient (Wildman–Crippen LogP) is 2.15. The minimum absolute atomic E-state index is 0.0967. The maximum absolute atomic E-state index is 10.2. The fraction of sp³-hybridized carbons (Fsp3) is 0. The first-order chi connectivity index (χ1) is 5.65. The number of aromatic nitrogens is 1. The van der Waals surface area contributed by atoms with Crippen molar-refractivity contribution in [1.29, 1.82) is 0 Å². The molecule has 0 fully saturated rings. The topological polar surface area (TPSA) is 85.5 Å². The first kappa shape index (κ1) is 8.72. The largest absolute Gasteiger partial charge is 0.288 e. The Morgan fingerprint density at radius 1 is 1.67 bits per heavy atom. The van der Waals surface area contributed by atoms with Crippen molar-refractivity contribution in [3.63, 3.8) is 0 Å². The van der Waals surface area contributed by atoms with Crippen LogP contribution in [0.1, 0.15) is 0 Å². The Balaban J connectivity index is 3.18. The zero-order valence-corrected chi connectivity index (χ0v) is 7.19. The molecule has 0 saturated carbocycles. The molecule has 0 spiro atoms. The fourth-order valence-electron chi connectivity index (χ4n) is 0.588. The number of nitrogens with zero attached hydrogens (tertiary/aromatic N) is 3. The Morgan fingerprint density at radius 3 is 2.75 bits per heavy atom. The van der Waals surface area contributed by atoms with Crippen LogP contribution in [-0.4, -0.2) is 9.91 Å². The zero-order chi connectivity index (χ0) is 9.14. The van der Waals surface area contributed by atoms with Gasteiger partial charge < -0.3 is 0 Å². The van der Waals surface area contributed by atoms with Gasteiger partial charge in [0.25, 0.3) is 5.69 Å². The molecule has 0 radical (unpaired) electrons. The van der Waals surface area contributed by atoms with Crippen molar-refractivity contribution < 1.29 is 4.92 Å². The maximum atomic E-state index is 10.2. The van der Waals surface area contributed by atoms with Crippen molar-refractivity contribution in [3.8, 4) is 0 Å². The van der Waals surface area contributed by atoms with Crippen molar-refractivity contribution in [2.75, 3.05) is 0 Å². The summed E-state index contributed by atoms with van der Waals surface area (Å²) >= 11 is 2.91. The molecule has 0 amide bonds. The molecular weight excluding hydrogens is 230 g/mol. The summed E-state index contributed by atoms with van der Waals surface area (Å²) in [4.78, 5) is 23.0. The lowest BCUT2D eigenvalue weighted by molar-refractivity contribution is -0.385. The Kier molecular flexibility index (Phi) is 2.44. The summed E-state index contributed by atoms with van der Waals surface area (Å²) in [6.07, 6.45) is 0.974. The number of hydrogen-bond acceptors (Lipinski definition) is 5. The molecule has 0 atom stereocenters. The van der Waals surface area contributed by atoms with E-state index < -0.39 is 4.92 Å². The Labute approximate surface area is 74.9 Å². The molecule has 0 N–H and O–H groups in total. The third-order valence-electron chi connectivity index (χ3n) is 1.10. The molecule has 62 valence electrons. The first-order valence-electron chi connectivity index (χ1n) is 2.78. The Bertz CT molecular complexity index is 341. The van der Waals surface area contributed by atoms with Crippen LogP contribution in [0.2, 0.25) is 0 Å². The number of hydrogen-bond donors (Lipinski definition) is 0. The van der Waals surface area contributed by atoms with Crippen molar-refractivity contribution in [1.82, 2.24) is 4.98 Å². The van der Waals surface area contributed by atoms with E-state index in [4.69, 9.17) is 0 Å². The number of pyridine rings is 1. The highest BCUT2D eigenvalue weighted by Crippen LogP contribution is 2.25. The van der Waals surface area contributed by atoms with Gasteiger partial charge in [0.2, 0.25) is 5.82 Å². The molecule has 0 aromatic carbocycles. The molecular formula is C5H2BrN3O3. The smallest absolute Gasteiger partial charge is 0.258 e. The van der Waals surface area contributed by atoms with Crippen LogP contribution in [-0.2, 0) is 0 Å². The average Bonchev–Trinajstić information content (AvgIpc) is 2.04. The van der Waals surface area contributed by atoms with Gasteiger partial charge in [-0.1, -0.05) is 0 Å². The van der Waals surface area contributed by atoms with Crippen molar-refractivity contribution in [2.45, 2.75) is 0 Å². The highest BCUT2D eigenvalue weighted by atomic mass is 79.9. The summed E-state index contributed by atoms with van der Waals surface area (Å²) < 4.78 is 0.215. The summed E-state index contributed by atoms with van der Waals surface area (Å²) in [7, 11) is 0. The minimum atomic E-state index is -0.605. The number of halogens is 1. The second kappa shape index (κ2) is 3.35. The summed E-state index contributed by atoms with van der Waals surface area (Å²) in [5.74, 6) is -0.0967. The van der Waals surface area contributed by atoms with Gasteiger partial charge in [-0.05, 0) is 21.1 Å². The molecule has 0 saturated heterocycles. The van der Waals surface area contributed by atoms with Crippen LogP contribution in [0.5, 0.6) is 0 Å². The van der Waals surface area contributed by atoms with Crippen molar-refractivity contribution in [3.05, 3.63) is 31.8 Å². The lowest BCUT2D eigenvalue weighted by atomic mass is 10.4. The molecule has 6 nitrogen and oxygen atoms in total. The third kappa shape index (κ3) is 1.62. The Morgan fingerprint density at radius 2 is 2.33 bits per heavy atom. The number of nitroso groups, excluding NO2 is 1. The van der Waals surface area contributed by atoms with E-state index in [1.807, 2.05) is 0 Å². The first-order valence-corrected chi connectivity index (χ1v) is 3.57. The molecule has 0 unspecified atom stereocenters. The highest BCUT2D eigenvalue weighted by molar-refractivity contribution is 9.10. The van der Waals surface area contributed by atoms with Crippen LogP contribution in [0.4, 0.5) is 11.5 Å². The summed E-state index contributed by atoms with van der Waals surface area (Å²) in [6.45, 7) is 0. The highest BCUT2D eigenvalue weighted by Gasteiger charge is 2.10. The quantitative estimate of drug-likeness (QED) is 0.444. The Hall–Kier alpha value is -1.37. The zero-order valence-electron chi connectivity index (χ0n) is 5.60. The molecule has 1 rings (SSSR count). The number of rotatable bonds is 2. The lowest BCUT2D eigenvalue weighted by Gasteiger charge is -1.92. The van der Waals surface area contributed by atoms with E-state index >= 15 is 0 Å². The van der Waals surface area contributed by atoms with E-state index in [1.165, 1.54) is 6.07 Å². The van der Waals surface area contributed by atoms with Crippen molar-refractivity contribution in [2.24, 2.45) is 5.18 Å². The molecule has 0 aliphatic heterocycles. The maximum Gasteiger partial charge on any atom is 0.288 e. The third-order valence-corrected chi connectivity index (χ3v) is 1.69. The van der Waals surface area contributed by atoms with E-state index in [-0.39, 0.29) is 16.0 Å². The van der Waals surface area contributed by atoms with Gasteiger partial charge in [0.1, 0.15) is 6.20 Å². The minimum Gasteiger partial charge on any atom is -0.258 e. The van der Waals surface area contributed by atoms with Gasteiger partial charge in [-0.3, -0.25) is 10.1 Å². The van der Waals surface area contributed by atoms with Crippen LogP contribution in [0, 0.1) is 15.0 Å². The van der Waals surface area contributed by atoms with Gasteiger partial charge in [-0.25, -0.2) is 4.98 Å². The predicted molar refractivity (Wildman–Crippen MR) is 44.0 cm³/mol. The second-order valence-electron chi connectivity index (χ2n) is 1.85. The summed E-state index contributed by atoms with van der Waals surface area (Å²) in [5.41, 5.74) is -0.186. The summed E-state index contributed by atoms with van der Waals surface area (Å²) in [6, 6.07) is 1.17. The SMILES string of the molecule is O=Nc1ncc([N+](=O)[O-])cc1Br. The molecule has 1 aromatic heterocycles. The average molecular weight is 232 g/mol. The molecule has 1 aromatic rings. The second-order valence-corrected chi connectivity index (χ2v) is 2.70. The van der Waals surface area contributed by atoms with Crippen LogP contribution >= 0.6 is 15.9 Å². The van der Waals surface area contributed by atoms with Crippen molar-refractivity contribution >= 4 is 27.4 Å². The molecule has 1 heterocycles. The van der Waals surface area contributed by atoms with Crippen LogP contribution in [0.3, 0.4) is 0 Å². The molecule has 0 aliphatic rings. The van der Waals surface area contributed by atoms with E-state index in [1.54, 1.807) is 0 Å². The van der Waals surface area contributed by atoms with E-state index in [0.717, 1.165) is 6.20 Å². The van der Waals surface area contributed by atoms with Gasteiger partial charge in [-0.15, -0.1) is 4.91 Å². The van der Waals surface area contributed by atoms with Gasteiger partial charge >= 0.3 is 0 Å². The van der Waals surface area contributed by atoms with Gasteiger partial charge in [0.15, 0.2) is 0 Å². The van der Waals surface area contributed by atoms with Crippen LogP contribution in [0.25, 0.3) is 0 Å². The van der Waals surface area contributed by atoms with E-state index in [2.05, 4.69) is 26.1 Å². The van der Waals surface area contributed by atoms with Gasteiger partial charge in [0, 0.05) is 6.07 Å². The molecule has 0 aliphatic carbocycles. The normalized spacial score (nSPS) is 9.42. The number of nitro groups is 1. The summed E-state index contributed by atoms with van der Waals surface area (Å²) in [5, 5.41) is 12.7. The van der Waals surface area contributed by atoms with E-state index in [9.17, 15) is 15.0 Å². The lowest BCUT2D eigenvalue weighted by Crippen LogP contribution is -1.88. The van der Waals surface area contributed by atoms with Crippen LogP contribution < -0.4 is 0 Å². The van der Waals surface area contributed by atoms with Gasteiger partial charge in [0.05, 0.1) is 9.40 Å².